The second kappa shape index (κ2) is 6.81. The predicted molar refractivity (Wildman–Crippen MR) is 108 cm³/mol. The van der Waals surface area contributed by atoms with Crippen LogP contribution in [0.4, 0.5) is 0 Å². The molecular weight excluding hydrogens is 390 g/mol. The Bertz CT molecular complexity index is 1230. The number of hydrogen-bond acceptors (Lipinski definition) is 6. The standard InChI is InChI=1S/C21H19N3O4S/c1-28-21(27)12-5-6-13-10-24(8-7-11(13)9-12)20(26)17-22-18(25)16-14-3-2-4-15(14)29-19(16)23-17/h5-6,9H,2-4,7-8,10H2,1H3,(H,22,23,25). The fraction of sp³-hybridized carbons (Fsp3) is 0.333. The minimum Gasteiger partial charge on any atom is -0.465 e. The average Bonchev–Trinajstić information content (AvgIpc) is 3.32. The molecule has 0 atom stereocenters. The van der Waals surface area contributed by atoms with Crippen molar-refractivity contribution in [3.05, 3.63) is 61.5 Å². The van der Waals surface area contributed by atoms with E-state index < -0.39 is 0 Å². The molecule has 0 saturated heterocycles. The summed E-state index contributed by atoms with van der Waals surface area (Å²) in [5.41, 5.74) is 3.40. The second-order valence-corrected chi connectivity index (χ2v) is 8.49. The van der Waals surface area contributed by atoms with Gasteiger partial charge in [-0.2, -0.15) is 0 Å². The Morgan fingerprint density at radius 2 is 2.07 bits per heavy atom. The van der Waals surface area contributed by atoms with E-state index in [0.29, 0.717) is 35.3 Å². The van der Waals surface area contributed by atoms with Crippen LogP contribution in [0.25, 0.3) is 10.2 Å². The number of nitrogens with zero attached hydrogens (tertiary/aromatic N) is 2. The Hall–Kier alpha value is -3.00. The molecule has 2 aliphatic rings. The van der Waals surface area contributed by atoms with Gasteiger partial charge in [0.1, 0.15) is 4.83 Å². The van der Waals surface area contributed by atoms with E-state index >= 15 is 0 Å². The highest BCUT2D eigenvalue weighted by Gasteiger charge is 2.27. The van der Waals surface area contributed by atoms with Crippen LogP contribution in [-0.4, -0.2) is 40.4 Å². The highest BCUT2D eigenvalue weighted by Crippen LogP contribution is 2.34. The molecule has 0 spiro atoms. The van der Waals surface area contributed by atoms with Crippen LogP contribution >= 0.6 is 11.3 Å². The molecule has 1 aromatic carbocycles. The summed E-state index contributed by atoms with van der Waals surface area (Å²) in [4.78, 5) is 48.1. The van der Waals surface area contributed by atoms with Gasteiger partial charge in [-0.1, -0.05) is 6.07 Å². The molecule has 2 aromatic heterocycles. The third kappa shape index (κ3) is 2.95. The topological polar surface area (TPSA) is 92.4 Å². The normalized spacial score (nSPS) is 15.3. The lowest BCUT2D eigenvalue weighted by Crippen LogP contribution is -2.37. The third-order valence-electron chi connectivity index (χ3n) is 5.70. The smallest absolute Gasteiger partial charge is 0.337 e. The van der Waals surface area contributed by atoms with Crippen molar-refractivity contribution >= 4 is 33.4 Å². The summed E-state index contributed by atoms with van der Waals surface area (Å²) in [5.74, 6) is -0.554. The number of carbonyl (C=O) groups excluding carboxylic acids is 2. The van der Waals surface area contributed by atoms with Crippen LogP contribution in [0.2, 0.25) is 0 Å². The molecule has 0 unspecified atom stereocenters. The van der Waals surface area contributed by atoms with Gasteiger partial charge in [0.05, 0.1) is 18.1 Å². The monoisotopic (exact) mass is 409 g/mol. The third-order valence-corrected chi connectivity index (χ3v) is 6.89. The Balaban J connectivity index is 1.43. The molecule has 1 aliphatic carbocycles. The zero-order valence-electron chi connectivity index (χ0n) is 15.9. The van der Waals surface area contributed by atoms with Crippen LogP contribution in [0.5, 0.6) is 0 Å². The minimum atomic E-state index is -0.371. The molecule has 0 fully saturated rings. The molecule has 0 radical (unpaired) electrons. The Morgan fingerprint density at radius 1 is 1.21 bits per heavy atom. The maximum absolute atomic E-state index is 13.0. The molecule has 5 rings (SSSR count). The van der Waals surface area contributed by atoms with E-state index in [4.69, 9.17) is 4.74 Å². The summed E-state index contributed by atoms with van der Waals surface area (Å²) in [6.45, 7) is 0.914. The van der Waals surface area contributed by atoms with Crippen molar-refractivity contribution in [1.29, 1.82) is 0 Å². The Kier molecular flexibility index (Phi) is 4.24. The number of fused-ring (bicyclic) bond motifs is 4. The first kappa shape index (κ1) is 18.1. The minimum absolute atomic E-state index is 0.0945. The van der Waals surface area contributed by atoms with Crippen LogP contribution in [-0.2, 0) is 30.5 Å². The SMILES string of the molecule is COC(=O)c1ccc2c(c1)CCN(C(=O)c1nc3sc4c(c3c(=O)[nH]1)CCC4)C2. The maximum atomic E-state index is 13.0. The van der Waals surface area contributed by atoms with E-state index in [-0.39, 0.29) is 23.3 Å². The van der Waals surface area contributed by atoms with Gasteiger partial charge in [-0.3, -0.25) is 9.59 Å². The summed E-state index contributed by atoms with van der Waals surface area (Å²) >= 11 is 1.53. The maximum Gasteiger partial charge on any atom is 0.337 e. The van der Waals surface area contributed by atoms with Crippen LogP contribution in [0.3, 0.4) is 0 Å². The molecule has 0 saturated carbocycles. The number of methoxy groups -OCH3 is 1. The molecule has 1 N–H and O–H groups in total. The average molecular weight is 409 g/mol. The highest BCUT2D eigenvalue weighted by molar-refractivity contribution is 7.18. The van der Waals surface area contributed by atoms with Crippen LogP contribution in [0.15, 0.2) is 23.0 Å². The van der Waals surface area contributed by atoms with E-state index in [1.165, 1.54) is 23.3 Å². The molecule has 7 nitrogen and oxygen atoms in total. The molecule has 29 heavy (non-hydrogen) atoms. The van der Waals surface area contributed by atoms with Gasteiger partial charge in [0.2, 0.25) is 5.82 Å². The first-order chi connectivity index (χ1) is 14.0. The number of rotatable bonds is 2. The van der Waals surface area contributed by atoms with Gasteiger partial charge >= 0.3 is 5.97 Å². The molecule has 3 aromatic rings. The van der Waals surface area contributed by atoms with Crippen molar-refractivity contribution in [2.45, 2.75) is 32.2 Å². The molecule has 3 heterocycles. The predicted octanol–water partition coefficient (Wildman–Crippen LogP) is 2.46. The van der Waals surface area contributed by atoms with Crippen molar-refractivity contribution in [2.75, 3.05) is 13.7 Å². The number of amides is 1. The first-order valence-corrected chi connectivity index (χ1v) is 10.4. The van der Waals surface area contributed by atoms with Crippen molar-refractivity contribution in [2.24, 2.45) is 0 Å². The lowest BCUT2D eigenvalue weighted by atomic mass is 9.97. The molecule has 8 heteroatoms. The summed E-state index contributed by atoms with van der Waals surface area (Å²) < 4.78 is 4.77. The fourth-order valence-corrected chi connectivity index (χ4v) is 5.49. The van der Waals surface area contributed by atoms with E-state index in [9.17, 15) is 14.4 Å². The number of carbonyl (C=O) groups is 2. The zero-order chi connectivity index (χ0) is 20.1. The van der Waals surface area contributed by atoms with Gasteiger partial charge < -0.3 is 14.6 Å². The number of H-pyrrole nitrogens is 1. The van der Waals surface area contributed by atoms with Gasteiger partial charge in [0.25, 0.3) is 11.5 Å². The fourth-order valence-electron chi connectivity index (χ4n) is 4.22. The van der Waals surface area contributed by atoms with Crippen LogP contribution in [0.1, 0.15) is 49.0 Å². The lowest BCUT2D eigenvalue weighted by molar-refractivity contribution is 0.0599. The van der Waals surface area contributed by atoms with E-state index in [1.807, 2.05) is 12.1 Å². The van der Waals surface area contributed by atoms with E-state index in [2.05, 4.69) is 9.97 Å². The highest BCUT2D eigenvalue weighted by atomic mass is 32.1. The number of thiophene rings is 1. The van der Waals surface area contributed by atoms with Gasteiger partial charge in [-0.15, -0.1) is 11.3 Å². The van der Waals surface area contributed by atoms with Crippen LogP contribution < -0.4 is 5.56 Å². The summed E-state index contributed by atoms with van der Waals surface area (Å²) in [6, 6.07) is 5.38. The lowest BCUT2D eigenvalue weighted by Gasteiger charge is -2.28. The van der Waals surface area contributed by atoms with Crippen LogP contribution in [0, 0.1) is 0 Å². The van der Waals surface area contributed by atoms with Gasteiger partial charge in [-0.25, -0.2) is 9.78 Å². The zero-order valence-corrected chi connectivity index (χ0v) is 16.7. The van der Waals surface area contributed by atoms with E-state index in [0.717, 1.165) is 36.0 Å². The molecule has 148 valence electrons. The number of benzene rings is 1. The second-order valence-electron chi connectivity index (χ2n) is 7.40. The molecule has 1 aliphatic heterocycles. The van der Waals surface area contributed by atoms with Gasteiger partial charge in [0, 0.05) is 18.0 Å². The van der Waals surface area contributed by atoms with Gasteiger partial charge in [0.15, 0.2) is 0 Å². The molecule has 0 bridgehead atoms. The number of aromatic amines is 1. The van der Waals surface area contributed by atoms with Crippen molar-refractivity contribution in [3.63, 3.8) is 0 Å². The first-order valence-electron chi connectivity index (χ1n) is 9.59. The number of ether oxygens (including phenoxy) is 1. The summed E-state index contributed by atoms with van der Waals surface area (Å²) in [5, 5.41) is 0.651. The van der Waals surface area contributed by atoms with Crippen molar-refractivity contribution in [1.82, 2.24) is 14.9 Å². The van der Waals surface area contributed by atoms with E-state index in [1.54, 1.807) is 11.0 Å². The number of aromatic nitrogens is 2. The van der Waals surface area contributed by atoms with Crippen molar-refractivity contribution < 1.29 is 14.3 Å². The molecule has 1 amide bonds. The Morgan fingerprint density at radius 3 is 2.90 bits per heavy atom. The summed E-state index contributed by atoms with van der Waals surface area (Å²) in [6.07, 6.45) is 3.59. The number of hydrogen-bond donors (Lipinski definition) is 1. The quantitative estimate of drug-likeness (QED) is 0.657. The number of esters is 1. The van der Waals surface area contributed by atoms with Crippen molar-refractivity contribution in [3.8, 4) is 0 Å². The Labute approximate surface area is 170 Å². The summed E-state index contributed by atoms with van der Waals surface area (Å²) in [7, 11) is 1.36. The number of nitrogens with one attached hydrogen (secondary N) is 1. The van der Waals surface area contributed by atoms with Gasteiger partial charge in [-0.05, 0) is 54.5 Å². The largest absolute Gasteiger partial charge is 0.465 e. The number of aryl methyl sites for hydroxylation is 2. The molecular formula is C21H19N3O4S.